The molecule has 0 spiro atoms. The number of benzene rings is 4. The zero-order valence-electron chi connectivity index (χ0n) is 21.1. The lowest BCUT2D eigenvalue weighted by Crippen LogP contribution is -1.98. The van der Waals surface area contributed by atoms with Gasteiger partial charge in [-0.05, 0) is 71.8 Å². The van der Waals surface area contributed by atoms with Gasteiger partial charge >= 0.3 is 0 Å². The molecule has 0 fully saturated rings. The highest BCUT2D eigenvalue weighted by atomic mass is 16.5. The fourth-order valence-corrected chi connectivity index (χ4v) is 3.60. The summed E-state index contributed by atoms with van der Waals surface area (Å²) in [6, 6.07) is 24.3. The van der Waals surface area contributed by atoms with Gasteiger partial charge in [0.15, 0.2) is 5.78 Å². The number of hydrogen-bond acceptors (Lipinski definition) is 7. The standard InChI is InChI=1S/C31H28O7/c1-35-24-9-3-21(4-10-24)19-37-26-13-7-23(30(33)17-26)8-16-29(32)28-15-14-27(18-31(28)34)38-20-22-5-11-25(36-2)12-6-22/h3-18,33-34H,19-20H2,1-2H3. The van der Waals surface area contributed by atoms with Gasteiger partial charge < -0.3 is 29.2 Å². The molecule has 0 aliphatic rings. The average Bonchev–Trinajstić information content (AvgIpc) is 2.95. The number of rotatable bonds is 11. The van der Waals surface area contributed by atoms with Crippen molar-refractivity contribution in [2.75, 3.05) is 14.2 Å². The maximum atomic E-state index is 12.7. The van der Waals surface area contributed by atoms with Crippen molar-refractivity contribution in [3.05, 3.63) is 113 Å². The summed E-state index contributed by atoms with van der Waals surface area (Å²) in [7, 11) is 3.21. The monoisotopic (exact) mass is 512 g/mol. The molecule has 194 valence electrons. The molecule has 7 nitrogen and oxygen atoms in total. The minimum atomic E-state index is -0.413. The molecule has 0 atom stereocenters. The van der Waals surface area contributed by atoms with Gasteiger partial charge in [-0.2, -0.15) is 0 Å². The molecular weight excluding hydrogens is 484 g/mol. The van der Waals surface area contributed by atoms with Gasteiger partial charge in [0, 0.05) is 17.7 Å². The first-order chi connectivity index (χ1) is 18.4. The molecule has 2 N–H and O–H groups in total. The third-order valence-corrected chi connectivity index (χ3v) is 5.78. The molecule has 4 aromatic carbocycles. The number of ether oxygens (including phenoxy) is 4. The summed E-state index contributed by atoms with van der Waals surface area (Å²) in [6.45, 7) is 0.631. The van der Waals surface area contributed by atoms with E-state index in [4.69, 9.17) is 18.9 Å². The lowest BCUT2D eigenvalue weighted by atomic mass is 10.1. The van der Waals surface area contributed by atoms with Gasteiger partial charge in [-0.1, -0.05) is 24.3 Å². The van der Waals surface area contributed by atoms with E-state index in [9.17, 15) is 15.0 Å². The average molecular weight is 513 g/mol. The van der Waals surface area contributed by atoms with Crippen molar-refractivity contribution in [2.45, 2.75) is 13.2 Å². The molecule has 0 amide bonds. The molecule has 0 bridgehead atoms. The number of allylic oxidation sites excluding steroid dienone is 1. The Balaban J connectivity index is 1.34. The van der Waals surface area contributed by atoms with E-state index in [1.807, 2.05) is 48.5 Å². The van der Waals surface area contributed by atoms with E-state index in [-0.39, 0.29) is 17.1 Å². The SMILES string of the molecule is COc1ccc(COc2ccc(C=CC(=O)c3ccc(OCc4ccc(OC)cc4)cc3O)c(O)c2)cc1. The van der Waals surface area contributed by atoms with Crippen LogP contribution < -0.4 is 18.9 Å². The van der Waals surface area contributed by atoms with Crippen molar-refractivity contribution >= 4 is 11.9 Å². The summed E-state index contributed by atoms with van der Waals surface area (Å²) in [6.07, 6.45) is 2.78. The molecule has 0 aliphatic heterocycles. The fraction of sp³-hybridized carbons (Fsp3) is 0.129. The third-order valence-electron chi connectivity index (χ3n) is 5.78. The Bertz CT molecular complexity index is 1410. The van der Waals surface area contributed by atoms with Crippen LogP contribution in [0.2, 0.25) is 0 Å². The van der Waals surface area contributed by atoms with Crippen molar-refractivity contribution in [2.24, 2.45) is 0 Å². The lowest BCUT2D eigenvalue weighted by molar-refractivity contribution is 0.104. The van der Waals surface area contributed by atoms with Crippen LogP contribution in [0.3, 0.4) is 0 Å². The Hall–Kier alpha value is -4.91. The van der Waals surface area contributed by atoms with E-state index < -0.39 is 5.78 Å². The van der Waals surface area contributed by atoms with Crippen molar-refractivity contribution in [1.29, 1.82) is 0 Å². The highest BCUT2D eigenvalue weighted by Crippen LogP contribution is 2.28. The molecule has 4 rings (SSSR count). The number of ketones is 1. The first-order valence-corrected chi connectivity index (χ1v) is 11.8. The maximum absolute atomic E-state index is 12.7. The Morgan fingerprint density at radius 1 is 0.658 bits per heavy atom. The van der Waals surface area contributed by atoms with Gasteiger partial charge in [-0.15, -0.1) is 0 Å². The van der Waals surface area contributed by atoms with E-state index in [1.54, 1.807) is 32.4 Å². The van der Waals surface area contributed by atoms with Crippen LogP contribution >= 0.6 is 0 Å². The smallest absolute Gasteiger partial charge is 0.189 e. The van der Waals surface area contributed by atoms with Crippen LogP contribution in [-0.4, -0.2) is 30.2 Å². The Morgan fingerprint density at radius 2 is 1.13 bits per heavy atom. The second-order valence-electron chi connectivity index (χ2n) is 8.37. The van der Waals surface area contributed by atoms with E-state index in [0.29, 0.717) is 30.3 Å². The first-order valence-electron chi connectivity index (χ1n) is 11.8. The first kappa shape index (κ1) is 26.2. The van der Waals surface area contributed by atoms with Crippen molar-refractivity contribution in [1.82, 2.24) is 0 Å². The summed E-state index contributed by atoms with van der Waals surface area (Å²) < 4.78 is 21.7. The Kier molecular flexibility index (Phi) is 8.51. The van der Waals surface area contributed by atoms with Crippen molar-refractivity contribution in [3.63, 3.8) is 0 Å². The topological polar surface area (TPSA) is 94.5 Å². The van der Waals surface area contributed by atoms with Gasteiger partial charge in [0.2, 0.25) is 0 Å². The number of aromatic hydroxyl groups is 2. The normalized spacial score (nSPS) is 10.8. The Morgan fingerprint density at radius 3 is 1.61 bits per heavy atom. The summed E-state index contributed by atoms with van der Waals surface area (Å²) >= 11 is 0. The number of phenolic OH excluding ortho intramolecular Hbond substituents is 2. The van der Waals surface area contributed by atoms with Gasteiger partial charge in [-0.25, -0.2) is 0 Å². The number of carbonyl (C=O) groups excluding carboxylic acids is 1. The molecule has 4 aromatic rings. The number of carbonyl (C=O) groups is 1. The van der Waals surface area contributed by atoms with Gasteiger partial charge in [-0.3, -0.25) is 4.79 Å². The molecule has 0 radical (unpaired) electrons. The van der Waals surface area contributed by atoms with Crippen molar-refractivity contribution in [3.8, 4) is 34.5 Å². The largest absolute Gasteiger partial charge is 0.507 e. The Labute approximate surface area is 221 Å². The van der Waals surface area contributed by atoms with Crippen LogP contribution in [0.5, 0.6) is 34.5 Å². The molecule has 7 heteroatoms. The van der Waals surface area contributed by atoms with Crippen LogP contribution in [0.15, 0.2) is 91.0 Å². The van der Waals surface area contributed by atoms with Crippen LogP contribution in [0.4, 0.5) is 0 Å². The van der Waals surface area contributed by atoms with Crippen LogP contribution in [0.1, 0.15) is 27.0 Å². The summed E-state index contributed by atoms with van der Waals surface area (Å²) in [5.41, 5.74) is 2.45. The zero-order chi connectivity index (χ0) is 26.9. The zero-order valence-corrected chi connectivity index (χ0v) is 21.1. The van der Waals surface area contributed by atoms with E-state index in [2.05, 4.69) is 0 Å². The minimum absolute atomic E-state index is 0.0345. The van der Waals surface area contributed by atoms with Crippen molar-refractivity contribution < 1.29 is 34.0 Å². The molecule has 0 aliphatic carbocycles. The van der Waals surface area contributed by atoms with E-state index in [1.165, 1.54) is 30.4 Å². The van der Waals surface area contributed by atoms with Gasteiger partial charge in [0.1, 0.15) is 47.7 Å². The number of hydrogen-bond donors (Lipinski definition) is 2. The molecule has 0 saturated heterocycles. The maximum Gasteiger partial charge on any atom is 0.189 e. The van der Waals surface area contributed by atoms with Gasteiger partial charge in [0.05, 0.1) is 19.8 Å². The van der Waals surface area contributed by atoms with Crippen LogP contribution in [-0.2, 0) is 13.2 Å². The van der Waals surface area contributed by atoms with Crippen LogP contribution in [0, 0.1) is 0 Å². The molecule has 38 heavy (non-hydrogen) atoms. The highest BCUT2D eigenvalue weighted by Gasteiger charge is 2.11. The molecule has 0 unspecified atom stereocenters. The van der Waals surface area contributed by atoms with Gasteiger partial charge in [0.25, 0.3) is 0 Å². The lowest BCUT2D eigenvalue weighted by Gasteiger charge is -2.09. The predicted molar refractivity (Wildman–Crippen MR) is 144 cm³/mol. The molecule has 0 heterocycles. The molecular formula is C31H28O7. The minimum Gasteiger partial charge on any atom is -0.507 e. The number of methoxy groups -OCH3 is 2. The molecule has 0 aromatic heterocycles. The summed E-state index contributed by atoms with van der Waals surface area (Å²) in [5, 5.41) is 20.8. The predicted octanol–water partition coefficient (Wildman–Crippen LogP) is 6.17. The fourth-order valence-electron chi connectivity index (χ4n) is 3.60. The molecule has 0 saturated carbocycles. The number of phenols is 2. The summed E-state index contributed by atoms with van der Waals surface area (Å²) in [5.74, 6) is 1.80. The highest BCUT2D eigenvalue weighted by molar-refractivity contribution is 6.08. The van der Waals surface area contributed by atoms with E-state index >= 15 is 0 Å². The quantitative estimate of drug-likeness (QED) is 0.183. The van der Waals surface area contributed by atoms with E-state index in [0.717, 1.165) is 22.6 Å². The second-order valence-corrected chi connectivity index (χ2v) is 8.37. The third kappa shape index (κ3) is 6.85. The summed E-state index contributed by atoms with van der Waals surface area (Å²) in [4.78, 5) is 12.7. The second kappa shape index (κ2) is 12.4. The van der Waals surface area contributed by atoms with Crippen LogP contribution in [0.25, 0.3) is 6.08 Å².